The molecule has 2 fully saturated rings. The Hall–Kier alpha value is -6.39. The summed E-state index contributed by atoms with van der Waals surface area (Å²) in [6.07, 6.45) is 3.67. The Morgan fingerprint density at radius 3 is 1.49 bits per heavy atom. The highest BCUT2D eigenvalue weighted by molar-refractivity contribution is 8.19. The largest absolute Gasteiger partial charge is 0.502 e. The molecule has 16 heteroatoms. The van der Waals surface area contributed by atoms with Crippen LogP contribution in [-0.2, 0) is 14.4 Å². The first-order chi connectivity index (χ1) is 27.6. The van der Waals surface area contributed by atoms with Crippen molar-refractivity contribution in [3.8, 4) is 34.5 Å². The number of rotatable bonds is 14. The van der Waals surface area contributed by atoms with E-state index in [1.54, 1.807) is 53.5 Å². The number of ether oxygens (including phenoxy) is 4. The Balaban J connectivity index is 1.16. The molecule has 0 spiro atoms. The number of phenolic OH excluding ortho intramolecular Hbond substituents is 2. The Kier molecular flexibility index (Phi) is 13.1. The molecule has 294 valence electrons. The average Bonchev–Trinajstić information content (AvgIpc) is 3.66. The normalized spacial score (nSPS) is 16.9. The van der Waals surface area contributed by atoms with Crippen molar-refractivity contribution >= 4 is 75.1 Å². The summed E-state index contributed by atoms with van der Waals surface area (Å²) >= 11 is 2.32. The molecule has 3 N–H and O–H groups in total. The van der Waals surface area contributed by atoms with Gasteiger partial charge in [-0.25, -0.2) is 9.98 Å². The van der Waals surface area contributed by atoms with Gasteiger partial charge in [-0.05, 0) is 102 Å². The van der Waals surface area contributed by atoms with Gasteiger partial charge in [0.2, 0.25) is 17.4 Å². The third kappa shape index (κ3) is 9.53. The predicted octanol–water partition coefficient (Wildman–Crippen LogP) is 6.55. The Bertz CT molecular complexity index is 2230. The molecule has 0 aromatic heterocycles. The minimum Gasteiger partial charge on any atom is -0.502 e. The maximum Gasteiger partial charge on any atom is 0.267 e. The van der Waals surface area contributed by atoms with E-state index in [9.17, 15) is 24.6 Å². The molecule has 57 heavy (non-hydrogen) atoms. The quantitative estimate of drug-likeness (QED) is 0.0933. The van der Waals surface area contributed by atoms with Crippen LogP contribution in [0.1, 0.15) is 17.5 Å². The molecular weight excluding hydrogens is 771 g/mol. The topological polar surface area (TPSA) is 172 Å². The van der Waals surface area contributed by atoms with Gasteiger partial charge in [0.15, 0.2) is 33.3 Å². The monoisotopic (exact) mass is 809 g/mol. The highest BCUT2D eigenvalue weighted by Gasteiger charge is 2.36. The number of nitrogens with one attached hydrogen (secondary N) is 1. The number of aromatic hydroxyl groups is 2. The molecule has 0 atom stereocenters. The molecule has 14 nitrogen and oxygen atoms in total. The number of phenols is 2. The number of aliphatic imine (C=N–C) groups is 2. The van der Waals surface area contributed by atoms with E-state index in [1.807, 2.05) is 48.5 Å². The van der Waals surface area contributed by atoms with Crippen molar-refractivity contribution in [1.82, 2.24) is 15.1 Å². The van der Waals surface area contributed by atoms with Crippen LogP contribution in [0.3, 0.4) is 0 Å². The van der Waals surface area contributed by atoms with Crippen molar-refractivity contribution in [2.24, 2.45) is 9.98 Å². The van der Waals surface area contributed by atoms with Gasteiger partial charge in [-0.15, -0.1) is 0 Å². The van der Waals surface area contributed by atoms with Gasteiger partial charge >= 0.3 is 0 Å². The minimum absolute atomic E-state index is 0.150. The highest BCUT2D eigenvalue weighted by atomic mass is 32.2. The second kappa shape index (κ2) is 18.5. The molecule has 4 aromatic carbocycles. The van der Waals surface area contributed by atoms with E-state index >= 15 is 0 Å². The van der Waals surface area contributed by atoms with Gasteiger partial charge in [0.25, 0.3) is 11.8 Å². The van der Waals surface area contributed by atoms with E-state index in [-0.39, 0.29) is 60.0 Å². The molecule has 2 saturated heterocycles. The van der Waals surface area contributed by atoms with Gasteiger partial charge < -0.3 is 34.5 Å². The third-order valence-electron chi connectivity index (χ3n) is 8.52. The van der Waals surface area contributed by atoms with E-state index in [0.717, 1.165) is 11.8 Å². The molecule has 0 bridgehead atoms. The molecule has 0 unspecified atom stereocenters. The van der Waals surface area contributed by atoms with Crippen LogP contribution in [0, 0.1) is 0 Å². The molecule has 0 saturated carbocycles. The van der Waals surface area contributed by atoms with Gasteiger partial charge in [0, 0.05) is 13.1 Å². The fourth-order valence-electron chi connectivity index (χ4n) is 5.71. The lowest BCUT2D eigenvalue weighted by Gasteiger charge is -2.17. The number of carbonyl (C=O) groups is 3. The summed E-state index contributed by atoms with van der Waals surface area (Å²) in [5.74, 6) is -0.718. The number of nitrogens with zero attached hydrogens (tertiary/aromatic N) is 4. The summed E-state index contributed by atoms with van der Waals surface area (Å²) in [5, 5.41) is 24.4. The number of hydrogen-bond acceptors (Lipinski definition) is 13. The van der Waals surface area contributed by atoms with Gasteiger partial charge in [-0.1, -0.05) is 36.4 Å². The van der Waals surface area contributed by atoms with Crippen LogP contribution < -0.4 is 24.3 Å². The highest BCUT2D eigenvalue weighted by Crippen LogP contribution is 2.41. The zero-order chi connectivity index (χ0) is 40.5. The van der Waals surface area contributed by atoms with Gasteiger partial charge in [0.05, 0.1) is 49.6 Å². The number of hydrogen-bond donors (Lipinski definition) is 3. The van der Waals surface area contributed by atoms with Gasteiger partial charge in [-0.3, -0.25) is 24.2 Å². The maximum atomic E-state index is 13.8. The van der Waals surface area contributed by atoms with Gasteiger partial charge in [-0.2, -0.15) is 0 Å². The SMILES string of the molecule is COc1cc(/C=C2\SC(=Nc3ccccc3)N(CCCNC(=O)CN3C(=O)/C(=C/c4cc(OC)c(O)c(OC)c4)SC3=Nc3ccccc3)C2=O)cc(OC)c1O. The third-order valence-corrected chi connectivity index (χ3v) is 10.5. The standard InChI is InChI=1S/C41H39N5O9S2/c1-52-29-18-25(19-30(53-2)36(29)48)22-33-38(50)45(40(56-33)43-27-12-7-5-8-13-27)17-11-16-42-35(47)24-46-39(51)34(57-41(46)44-28-14-9-6-10-15-28)23-26-20-31(54-3)37(49)32(21-26)55-4/h5-10,12-15,18-23,48-49H,11,16-17,24H2,1-4H3,(H,42,47)/b33-22-,34-23-,43-40?,44-41?. The first-order valence-corrected chi connectivity index (χ1v) is 19.1. The number of thioether (sulfide) groups is 2. The molecular formula is C41H39N5O9S2. The molecule has 0 aliphatic carbocycles. The summed E-state index contributed by atoms with van der Waals surface area (Å²) in [5.41, 5.74) is 2.38. The second-order valence-corrected chi connectivity index (χ2v) is 14.3. The van der Waals surface area contributed by atoms with Gasteiger partial charge in [0.1, 0.15) is 6.54 Å². The molecule has 2 heterocycles. The molecule has 0 radical (unpaired) electrons. The van der Waals surface area contributed by atoms with Crippen LogP contribution in [-0.4, -0.2) is 96.1 Å². The minimum atomic E-state index is -0.430. The summed E-state index contributed by atoms with van der Waals surface area (Å²) in [6, 6.07) is 24.7. The van der Waals surface area contributed by atoms with Crippen molar-refractivity contribution in [2.75, 3.05) is 48.1 Å². The number of amidine groups is 2. The number of methoxy groups -OCH3 is 4. The van der Waals surface area contributed by atoms with Crippen molar-refractivity contribution < 1.29 is 43.5 Å². The van der Waals surface area contributed by atoms with Crippen LogP contribution >= 0.6 is 23.5 Å². The predicted molar refractivity (Wildman–Crippen MR) is 222 cm³/mol. The number of benzene rings is 4. The summed E-state index contributed by atoms with van der Waals surface area (Å²) in [6.45, 7) is 0.138. The van der Waals surface area contributed by atoms with Crippen LogP contribution in [0.5, 0.6) is 34.5 Å². The Morgan fingerprint density at radius 1 is 0.667 bits per heavy atom. The zero-order valence-corrected chi connectivity index (χ0v) is 33.1. The van der Waals surface area contributed by atoms with Crippen LogP contribution in [0.4, 0.5) is 11.4 Å². The fraction of sp³-hybridized carbons (Fsp3) is 0.195. The van der Waals surface area contributed by atoms with E-state index in [2.05, 4.69) is 10.3 Å². The first-order valence-electron chi connectivity index (χ1n) is 17.5. The Labute approximate surface area is 337 Å². The van der Waals surface area contributed by atoms with Crippen molar-refractivity contribution in [3.05, 3.63) is 106 Å². The first kappa shape index (κ1) is 40.3. The average molecular weight is 810 g/mol. The molecule has 6 rings (SSSR count). The van der Waals surface area contributed by atoms with Crippen molar-refractivity contribution in [2.45, 2.75) is 6.42 Å². The number of carbonyl (C=O) groups excluding carboxylic acids is 3. The Morgan fingerprint density at radius 2 is 1.07 bits per heavy atom. The maximum absolute atomic E-state index is 13.8. The van der Waals surface area contributed by atoms with E-state index in [4.69, 9.17) is 23.9 Å². The van der Waals surface area contributed by atoms with Crippen LogP contribution in [0.15, 0.2) is 105 Å². The zero-order valence-electron chi connectivity index (χ0n) is 31.4. The lowest BCUT2D eigenvalue weighted by Crippen LogP contribution is -2.41. The smallest absolute Gasteiger partial charge is 0.267 e. The van der Waals surface area contributed by atoms with Crippen LogP contribution in [0.25, 0.3) is 12.2 Å². The summed E-state index contributed by atoms with van der Waals surface area (Å²) in [4.78, 5) is 53.9. The lowest BCUT2D eigenvalue weighted by molar-refractivity contribution is -0.128. The second-order valence-electron chi connectivity index (χ2n) is 12.3. The van der Waals surface area contributed by atoms with E-state index < -0.39 is 11.8 Å². The molecule has 4 aromatic rings. The van der Waals surface area contributed by atoms with Crippen molar-refractivity contribution in [1.29, 1.82) is 0 Å². The van der Waals surface area contributed by atoms with Crippen molar-refractivity contribution in [3.63, 3.8) is 0 Å². The van der Waals surface area contributed by atoms with E-state index in [0.29, 0.717) is 49.1 Å². The molecule has 3 amide bonds. The number of para-hydroxylation sites is 2. The van der Waals surface area contributed by atoms with E-state index in [1.165, 1.54) is 45.1 Å². The van der Waals surface area contributed by atoms with Crippen LogP contribution in [0.2, 0.25) is 0 Å². The summed E-state index contributed by atoms with van der Waals surface area (Å²) < 4.78 is 21.1. The lowest BCUT2D eigenvalue weighted by atomic mass is 10.1. The summed E-state index contributed by atoms with van der Waals surface area (Å²) in [7, 11) is 5.67. The number of amides is 3. The molecule has 2 aliphatic heterocycles. The molecule has 2 aliphatic rings. The fourth-order valence-corrected chi connectivity index (χ4v) is 7.73.